The molecule has 0 fully saturated rings. The van der Waals surface area contributed by atoms with Crippen molar-refractivity contribution in [2.45, 2.75) is 0 Å². The van der Waals surface area contributed by atoms with Crippen LogP contribution in [0.1, 0.15) is 16.7 Å². The lowest BCUT2D eigenvalue weighted by atomic mass is 10.0. The number of phenols is 1. The highest BCUT2D eigenvalue weighted by molar-refractivity contribution is 6.30. The van der Waals surface area contributed by atoms with Crippen LogP contribution in [-0.4, -0.2) is 21.6 Å². The molecule has 6 heteroatoms. The summed E-state index contributed by atoms with van der Waals surface area (Å²) in [7, 11) is 1.50. The van der Waals surface area contributed by atoms with Crippen molar-refractivity contribution in [2.75, 3.05) is 7.11 Å². The molecule has 2 aromatic heterocycles. The minimum Gasteiger partial charge on any atom is -0.504 e. The first kappa shape index (κ1) is 20.6. The molecule has 0 aliphatic heterocycles. The van der Waals surface area contributed by atoms with Crippen molar-refractivity contribution < 1.29 is 9.84 Å². The summed E-state index contributed by atoms with van der Waals surface area (Å²) in [6.07, 6.45) is 3.75. The molecule has 160 valence electrons. The summed E-state index contributed by atoms with van der Waals surface area (Å²) in [6.45, 7) is 0. The quantitative estimate of drug-likeness (QED) is 0.335. The molecule has 2 heterocycles. The van der Waals surface area contributed by atoms with Crippen LogP contribution in [0.2, 0.25) is 5.02 Å². The molecule has 0 amide bonds. The number of hydrogen-bond acceptors (Lipinski definition) is 4. The van der Waals surface area contributed by atoms with Gasteiger partial charge in [0.2, 0.25) is 0 Å². The number of nitriles is 1. The highest BCUT2D eigenvalue weighted by Crippen LogP contribution is 2.32. The molecular weight excluding hydrogens is 434 g/mol. The maximum absolute atomic E-state index is 10.1. The van der Waals surface area contributed by atoms with Crippen LogP contribution in [0.25, 0.3) is 40.1 Å². The third-order valence-electron chi connectivity index (χ3n) is 5.50. The number of methoxy groups -OCH3 is 1. The van der Waals surface area contributed by atoms with Gasteiger partial charge in [-0.3, -0.25) is 4.40 Å². The molecule has 0 unspecified atom stereocenters. The number of para-hydroxylation sites is 2. The normalized spacial score (nSPS) is 11.3. The lowest BCUT2D eigenvalue weighted by molar-refractivity contribution is 0.373. The van der Waals surface area contributed by atoms with Crippen LogP contribution < -0.4 is 4.74 Å². The van der Waals surface area contributed by atoms with Crippen LogP contribution >= 0.6 is 11.6 Å². The topological polar surface area (TPSA) is 70.5 Å². The van der Waals surface area contributed by atoms with E-state index < -0.39 is 0 Å². The van der Waals surface area contributed by atoms with Gasteiger partial charge in [0, 0.05) is 10.6 Å². The maximum atomic E-state index is 10.1. The number of aromatic hydroxyl groups is 1. The van der Waals surface area contributed by atoms with Gasteiger partial charge >= 0.3 is 0 Å². The van der Waals surface area contributed by atoms with E-state index in [1.807, 2.05) is 71.2 Å². The second-order valence-corrected chi connectivity index (χ2v) is 7.94. The van der Waals surface area contributed by atoms with Gasteiger partial charge in [0.15, 0.2) is 17.1 Å². The van der Waals surface area contributed by atoms with Crippen LogP contribution in [0.3, 0.4) is 0 Å². The first-order valence-corrected chi connectivity index (χ1v) is 10.6. The Bertz CT molecular complexity index is 1600. The van der Waals surface area contributed by atoms with Crippen molar-refractivity contribution in [2.24, 2.45) is 0 Å². The fraction of sp³-hybridized carbons (Fsp3) is 0.0370. The first-order chi connectivity index (χ1) is 16.1. The first-order valence-electron chi connectivity index (χ1n) is 10.2. The molecule has 5 nitrogen and oxygen atoms in total. The number of imidazole rings is 1. The fourth-order valence-corrected chi connectivity index (χ4v) is 4.13. The standard InChI is InChI=1S/C27H18ClN3O2/c1-33-26-13-17(10-12-25(26)32)9-11-18-15-24(19-5-4-6-20(28)14-19)31-23-8-3-2-7-22(23)30-27(31)21(18)16-29/h2-15,32H,1H3/b11-9-. The molecule has 3 aromatic carbocycles. The average Bonchev–Trinajstić information content (AvgIpc) is 3.22. The van der Waals surface area contributed by atoms with E-state index in [9.17, 15) is 10.4 Å². The van der Waals surface area contributed by atoms with E-state index in [-0.39, 0.29) is 5.75 Å². The molecule has 0 radical (unpaired) electrons. The summed E-state index contributed by atoms with van der Waals surface area (Å²) in [4.78, 5) is 4.77. The van der Waals surface area contributed by atoms with E-state index >= 15 is 0 Å². The number of benzene rings is 3. The molecule has 33 heavy (non-hydrogen) atoms. The predicted octanol–water partition coefficient (Wildman–Crippen LogP) is 6.56. The van der Waals surface area contributed by atoms with Gasteiger partial charge < -0.3 is 9.84 Å². The van der Waals surface area contributed by atoms with Gasteiger partial charge in [-0.1, -0.05) is 54.1 Å². The van der Waals surface area contributed by atoms with Gasteiger partial charge in [0.25, 0.3) is 0 Å². The molecule has 5 aromatic rings. The summed E-state index contributed by atoms with van der Waals surface area (Å²) in [5, 5.41) is 20.5. The van der Waals surface area contributed by atoms with Gasteiger partial charge in [0.1, 0.15) is 11.6 Å². The average molecular weight is 452 g/mol. The largest absolute Gasteiger partial charge is 0.504 e. The zero-order valence-electron chi connectivity index (χ0n) is 17.7. The van der Waals surface area contributed by atoms with Crippen molar-refractivity contribution in [1.29, 1.82) is 5.26 Å². The predicted molar refractivity (Wildman–Crippen MR) is 131 cm³/mol. The second kappa shape index (κ2) is 8.34. The van der Waals surface area contributed by atoms with E-state index in [1.54, 1.807) is 18.2 Å². The Morgan fingerprint density at radius 1 is 1.03 bits per heavy atom. The van der Waals surface area contributed by atoms with Gasteiger partial charge in [-0.2, -0.15) is 5.26 Å². The van der Waals surface area contributed by atoms with Crippen LogP contribution in [0.4, 0.5) is 0 Å². The van der Waals surface area contributed by atoms with Crippen molar-refractivity contribution in [1.82, 2.24) is 9.38 Å². The molecule has 0 spiro atoms. The Kier molecular flexibility index (Phi) is 5.21. The number of fused-ring (bicyclic) bond motifs is 3. The van der Waals surface area contributed by atoms with Gasteiger partial charge in [0.05, 0.1) is 23.8 Å². The van der Waals surface area contributed by atoms with Crippen molar-refractivity contribution in [3.63, 3.8) is 0 Å². The molecule has 0 saturated carbocycles. The number of phenolic OH excluding ortho intramolecular Hbond substituents is 1. The lowest BCUT2D eigenvalue weighted by Gasteiger charge is -2.11. The zero-order chi connectivity index (χ0) is 22.9. The molecule has 0 aliphatic rings. The number of hydrogen-bond donors (Lipinski definition) is 1. The molecular formula is C27H18ClN3O2. The molecule has 0 saturated heterocycles. The van der Waals surface area contributed by atoms with E-state index in [0.29, 0.717) is 22.0 Å². The number of aromatic nitrogens is 2. The van der Waals surface area contributed by atoms with Gasteiger partial charge in [-0.25, -0.2) is 4.98 Å². The summed E-state index contributed by atoms with van der Waals surface area (Å²) in [5.74, 6) is 0.452. The molecule has 0 atom stereocenters. The Hall–Kier alpha value is -4.27. The minimum absolute atomic E-state index is 0.0705. The Balaban J connectivity index is 1.78. The monoisotopic (exact) mass is 451 g/mol. The number of ether oxygens (including phenoxy) is 1. The van der Waals surface area contributed by atoms with E-state index in [1.165, 1.54) is 7.11 Å². The SMILES string of the molecule is COc1cc(/C=C\c2cc(-c3cccc(Cl)c3)n3c(nc4ccccc43)c2C#N)ccc1O. The summed E-state index contributed by atoms with van der Waals surface area (Å²) < 4.78 is 7.20. The molecule has 5 rings (SSSR count). The number of nitrogens with zero attached hydrogens (tertiary/aromatic N) is 3. The summed E-state index contributed by atoms with van der Waals surface area (Å²) >= 11 is 6.30. The van der Waals surface area contributed by atoms with Crippen LogP contribution in [0.5, 0.6) is 11.5 Å². The van der Waals surface area contributed by atoms with Crippen molar-refractivity contribution in [3.05, 3.63) is 94.5 Å². The third-order valence-corrected chi connectivity index (χ3v) is 5.73. The minimum atomic E-state index is 0.0705. The molecule has 0 bridgehead atoms. The lowest BCUT2D eigenvalue weighted by Crippen LogP contribution is -1.98. The highest BCUT2D eigenvalue weighted by atomic mass is 35.5. The Morgan fingerprint density at radius 2 is 1.88 bits per heavy atom. The van der Waals surface area contributed by atoms with E-state index in [4.69, 9.17) is 21.3 Å². The van der Waals surface area contributed by atoms with Gasteiger partial charge in [-0.05, 0) is 53.6 Å². The zero-order valence-corrected chi connectivity index (χ0v) is 18.4. The maximum Gasteiger partial charge on any atom is 0.161 e. The highest BCUT2D eigenvalue weighted by Gasteiger charge is 2.17. The van der Waals surface area contributed by atoms with Gasteiger partial charge in [-0.15, -0.1) is 0 Å². The number of halogens is 1. The molecule has 1 N–H and O–H groups in total. The van der Waals surface area contributed by atoms with Crippen LogP contribution in [0, 0.1) is 11.3 Å². The van der Waals surface area contributed by atoms with Crippen molar-refractivity contribution in [3.8, 4) is 28.8 Å². The van der Waals surface area contributed by atoms with Crippen molar-refractivity contribution >= 4 is 40.4 Å². The van der Waals surface area contributed by atoms with E-state index in [0.717, 1.165) is 33.4 Å². The molecule has 0 aliphatic carbocycles. The van der Waals surface area contributed by atoms with Crippen LogP contribution in [0.15, 0.2) is 72.8 Å². The third kappa shape index (κ3) is 3.67. The summed E-state index contributed by atoms with van der Waals surface area (Å²) in [6, 6.07) is 24.8. The van der Waals surface area contributed by atoms with E-state index in [2.05, 4.69) is 6.07 Å². The smallest absolute Gasteiger partial charge is 0.161 e. The second-order valence-electron chi connectivity index (χ2n) is 7.51. The number of rotatable bonds is 4. The summed E-state index contributed by atoms with van der Waals surface area (Å²) in [5.41, 5.74) is 6.12. The fourth-order valence-electron chi connectivity index (χ4n) is 3.94. The Morgan fingerprint density at radius 3 is 2.67 bits per heavy atom. The number of pyridine rings is 1. The van der Waals surface area contributed by atoms with Crippen LogP contribution in [-0.2, 0) is 0 Å². The Labute approximate surface area is 195 Å².